The summed E-state index contributed by atoms with van der Waals surface area (Å²) in [6.45, 7) is 0. The van der Waals surface area contributed by atoms with Crippen molar-refractivity contribution in [2.24, 2.45) is 0 Å². The van der Waals surface area contributed by atoms with E-state index in [4.69, 9.17) is 0 Å². The molecule has 0 aliphatic rings. The molecule has 4 heteroatoms. The van der Waals surface area contributed by atoms with Gasteiger partial charge in [-0.25, -0.2) is 0 Å². The Morgan fingerprint density at radius 3 is 1.26 bits per heavy atom. The van der Waals surface area contributed by atoms with Crippen molar-refractivity contribution >= 4 is 43.6 Å². The highest BCUT2D eigenvalue weighted by Gasteiger charge is 2.15. The molecular formula is C50H30N4. The van der Waals surface area contributed by atoms with Gasteiger partial charge in [-0.05, 0) is 112 Å². The quantitative estimate of drug-likeness (QED) is 0.181. The molecule has 0 aliphatic carbocycles. The lowest BCUT2D eigenvalue weighted by Gasteiger charge is -2.11. The summed E-state index contributed by atoms with van der Waals surface area (Å²) in [5.41, 5.74) is 14.9. The van der Waals surface area contributed by atoms with Gasteiger partial charge in [0.2, 0.25) is 0 Å². The highest BCUT2D eigenvalue weighted by Crippen LogP contribution is 2.38. The van der Waals surface area contributed by atoms with Crippen molar-refractivity contribution in [2.45, 2.75) is 0 Å². The van der Waals surface area contributed by atoms with Gasteiger partial charge in [-0.2, -0.15) is 10.5 Å². The minimum atomic E-state index is 0.650. The summed E-state index contributed by atoms with van der Waals surface area (Å²) >= 11 is 0. The van der Waals surface area contributed by atoms with Crippen LogP contribution in [0.2, 0.25) is 0 Å². The summed E-state index contributed by atoms with van der Waals surface area (Å²) in [6, 6.07) is 68.1. The Bertz CT molecular complexity index is 3130. The highest BCUT2D eigenvalue weighted by molar-refractivity contribution is 6.11. The van der Waals surface area contributed by atoms with Crippen molar-refractivity contribution in [3.63, 3.8) is 0 Å². The van der Waals surface area contributed by atoms with Crippen molar-refractivity contribution in [3.05, 3.63) is 193 Å². The van der Waals surface area contributed by atoms with Gasteiger partial charge in [0.1, 0.15) is 0 Å². The third-order valence-corrected chi connectivity index (χ3v) is 10.6. The Morgan fingerprint density at radius 1 is 0.296 bits per heavy atom. The lowest BCUT2D eigenvalue weighted by atomic mass is 9.98. The molecule has 0 unspecified atom stereocenters. The van der Waals surface area contributed by atoms with Crippen LogP contribution in [0.25, 0.3) is 88.4 Å². The number of aromatic nitrogens is 2. The SMILES string of the molecule is N#Cc1ccc(-c2ccc(-n3c4ccccc4c4cc(-c5ccc(-c6ccc7c8ccccc8n(-c8ccc(C#N)cc8)c7c6)cc5)ccc43)cc2)cc1. The maximum absolute atomic E-state index is 9.38. The molecule has 2 aromatic heterocycles. The van der Waals surface area contributed by atoms with E-state index in [0.29, 0.717) is 11.1 Å². The topological polar surface area (TPSA) is 57.4 Å². The average Bonchev–Trinajstić information content (AvgIpc) is 3.76. The maximum Gasteiger partial charge on any atom is 0.0991 e. The van der Waals surface area contributed by atoms with Crippen LogP contribution in [0, 0.1) is 22.7 Å². The van der Waals surface area contributed by atoms with E-state index in [9.17, 15) is 10.5 Å². The minimum Gasteiger partial charge on any atom is -0.309 e. The van der Waals surface area contributed by atoms with Gasteiger partial charge in [-0.1, -0.05) is 103 Å². The van der Waals surface area contributed by atoms with Crippen LogP contribution in [0.5, 0.6) is 0 Å². The van der Waals surface area contributed by atoms with Crippen LogP contribution in [-0.4, -0.2) is 9.13 Å². The van der Waals surface area contributed by atoms with Gasteiger partial charge in [-0.15, -0.1) is 0 Å². The molecule has 4 nitrogen and oxygen atoms in total. The largest absolute Gasteiger partial charge is 0.309 e. The van der Waals surface area contributed by atoms with Crippen molar-refractivity contribution in [2.75, 3.05) is 0 Å². The summed E-state index contributed by atoms with van der Waals surface area (Å²) in [4.78, 5) is 0. The van der Waals surface area contributed by atoms with E-state index in [-0.39, 0.29) is 0 Å². The van der Waals surface area contributed by atoms with Gasteiger partial charge in [-0.3, -0.25) is 0 Å². The first-order valence-corrected chi connectivity index (χ1v) is 18.0. The van der Waals surface area contributed by atoms with Crippen LogP contribution in [0.3, 0.4) is 0 Å². The molecule has 10 aromatic rings. The van der Waals surface area contributed by atoms with Crippen molar-refractivity contribution in [3.8, 4) is 56.9 Å². The number of para-hydroxylation sites is 2. The molecule has 8 aromatic carbocycles. The second-order valence-corrected chi connectivity index (χ2v) is 13.6. The number of hydrogen-bond acceptors (Lipinski definition) is 2. The lowest BCUT2D eigenvalue weighted by molar-refractivity contribution is 1.18. The molecule has 0 atom stereocenters. The van der Waals surface area contributed by atoms with E-state index in [1.54, 1.807) is 0 Å². The molecular weight excluding hydrogens is 657 g/mol. The van der Waals surface area contributed by atoms with Crippen molar-refractivity contribution < 1.29 is 0 Å². The third-order valence-electron chi connectivity index (χ3n) is 10.6. The van der Waals surface area contributed by atoms with Crippen molar-refractivity contribution in [1.82, 2.24) is 9.13 Å². The average molecular weight is 687 g/mol. The molecule has 0 bridgehead atoms. The van der Waals surface area contributed by atoms with Gasteiger partial charge in [0.25, 0.3) is 0 Å². The van der Waals surface area contributed by atoms with Crippen LogP contribution in [0.1, 0.15) is 11.1 Å². The molecule has 0 fully saturated rings. The van der Waals surface area contributed by atoms with E-state index >= 15 is 0 Å². The van der Waals surface area contributed by atoms with Crippen LogP contribution in [0.4, 0.5) is 0 Å². The van der Waals surface area contributed by atoms with E-state index in [0.717, 1.165) is 55.7 Å². The molecule has 0 saturated heterocycles. The number of nitrogens with zero attached hydrogens (tertiary/aromatic N) is 4. The van der Waals surface area contributed by atoms with E-state index in [1.807, 2.05) is 48.5 Å². The molecule has 2 heterocycles. The first-order chi connectivity index (χ1) is 26.7. The number of benzene rings is 8. The fraction of sp³-hybridized carbons (Fsp3) is 0. The van der Waals surface area contributed by atoms with Crippen molar-refractivity contribution in [1.29, 1.82) is 10.5 Å². The van der Waals surface area contributed by atoms with Gasteiger partial charge in [0, 0.05) is 32.9 Å². The molecule has 0 N–H and O–H groups in total. The molecule has 0 aliphatic heterocycles. The van der Waals surface area contributed by atoms with Gasteiger partial charge >= 0.3 is 0 Å². The number of fused-ring (bicyclic) bond motifs is 6. The van der Waals surface area contributed by atoms with Crippen LogP contribution >= 0.6 is 0 Å². The standard InChI is InChI=1S/C50H30N4/c51-31-33-9-13-35(14-10-33)36-19-25-42(26-20-36)53-48-8-4-2-6-44(48)46-29-39(22-28-49(46)53)37-15-17-38(18-16-37)40-21-27-45-43-5-1-3-7-47(43)54(50(45)30-40)41-23-11-34(32-52)12-24-41/h1-30H. The zero-order valence-electron chi connectivity index (χ0n) is 29.1. The number of hydrogen-bond donors (Lipinski definition) is 0. The number of nitriles is 2. The van der Waals surface area contributed by atoms with E-state index in [1.165, 1.54) is 32.6 Å². The second-order valence-electron chi connectivity index (χ2n) is 13.6. The van der Waals surface area contributed by atoms with Gasteiger partial charge in [0.15, 0.2) is 0 Å². The molecule has 0 radical (unpaired) electrons. The summed E-state index contributed by atoms with van der Waals surface area (Å²) < 4.78 is 4.63. The lowest BCUT2D eigenvalue weighted by Crippen LogP contribution is -1.94. The zero-order chi connectivity index (χ0) is 36.2. The van der Waals surface area contributed by atoms with E-state index < -0.39 is 0 Å². The Hall–Kier alpha value is -7.66. The highest BCUT2D eigenvalue weighted by atomic mass is 15.0. The molecule has 0 spiro atoms. The predicted molar refractivity (Wildman–Crippen MR) is 221 cm³/mol. The summed E-state index contributed by atoms with van der Waals surface area (Å²) in [6.07, 6.45) is 0. The Morgan fingerprint density at radius 2 is 0.667 bits per heavy atom. The Balaban J connectivity index is 1.01. The summed E-state index contributed by atoms with van der Waals surface area (Å²) in [5, 5.41) is 23.4. The normalized spacial score (nSPS) is 11.3. The maximum atomic E-state index is 9.38. The molecule has 250 valence electrons. The monoisotopic (exact) mass is 686 g/mol. The van der Waals surface area contributed by atoms with Crippen LogP contribution in [-0.2, 0) is 0 Å². The van der Waals surface area contributed by atoms with Crippen LogP contribution < -0.4 is 0 Å². The van der Waals surface area contributed by atoms with E-state index in [2.05, 4.69) is 155 Å². The van der Waals surface area contributed by atoms with Crippen LogP contribution in [0.15, 0.2) is 182 Å². The Labute approximate surface area is 312 Å². The first kappa shape index (κ1) is 31.1. The first-order valence-electron chi connectivity index (χ1n) is 18.0. The second kappa shape index (κ2) is 12.5. The molecule has 0 saturated carbocycles. The third kappa shape index (κ3) is 5.06. The Kier molecular flexibility index (Phi) is 7.22. The molecule has 10 rings (SSSR count). The summed E-state index contributed by atoms with van der Waals surface area (Å²) in [7, 11) is 0. The smallest absolute Gasteiger partial charge is 0.0991 e. The minimum absolute atomic E-state index is 0.650. The molecule has 0 amide bonds. The van der Waals surface area contributed by atoms with Gasteiger partial charge < -0.3 is 9.13 Å². The fourth-order valence-electron chi connectivity index (χ4n) is 7.94. The predicted octanol–water partition coefficient (Wildman–Crippen LogP) is 12.6. The van der Waals surface area contributed by atoms with Gasteiger partial charge in [0.05, 0.1) is 45.3 Å². The molecule has 54 heavy (non-hydrogen) atoms. The fourth-order valence-corrected chi connectivity index (χ4v) is 7.94. The zero-order valence-corrected chi connectivity index (χ0v) is 29.1. The summed E-state index contributed by atoms with van der Waals surface area (Å²) in [5.74, 6) is 0. The number of rotatable bonds is 5.